The maximum Gasteiger partial charge on any atom is 0.294 e. The molecule has 0 radical (unpaired) electrons. The van der Waals surface area contributed by atoms with E-state index in [0.717, 1.165) is 43.9 Å². The van der Waals surface area contributed by atoms with Crippen LogP contribution in [0.25, 0.3) is 5.69 Å². The Morgan fingerprint density at radius 3 is 2.77 bits per heavy atom. The van der Waals surface area contributed by atoms with Gasteiger partial charge in [-0.05, 0) is 50.3 Å². The molecular formula is C20H27N5O. The number of fused-ring (bicyclic) bond motifs is 2. The highest BCUT2D eigenvalue weighted by atomic mass is 16.2. The molecule has 6 heteroatoms. The number of nitrogens with one attached hydrogen (secondary N) is 1. The summed E-state index contributed by atoms with van der Waals surface area (Å²) in [5, 5.41) is 8.06. The van der Waals surface area contributed by atoms with Crippen LogP contribution in [0.5, 0.6) is 0 Å². The van der Waals surface area contributed by atoms with Gasteiger partial charge in [-0.2, -0.15) is 0 Å². The average molecular weight is 353 g/mol. The number of para-hydroxylation sites is 1. The second kappa shape index (κ2) is 6.83. The molecule has 1 N–H and O–H groups in total. The molecule has 138 valence electrons. The van der Waals surface area contributed by atoms with Crippen molar-refractivity contribution in [2.24, 2.45) is 0 Å². The zero-order chi connectivity index (χ0) is 18.3. The van der Waals surface area contributed by atoms with Gasteiger partial charge < -0.3 is 10.2 Å². The van der Waals surface area contributed by atoms with Crippen molar-refractivity contribution in [3.63, 3.8) is 0 Å². The van der Waals surface area contributed by atoms with E-state index in [1.165, 1.54) is 5.56 Å². The summed E-state index contributed by atoms with van der Waals surface area (Å²) in [5.41, 5.74) is 2.21. The van der Waals surface area contributed by atoms with E-state index < -0.39 is 0 Å². The standard InChI is InChI=1S/C20H27N5O/c1-13(2)17-6-4-5-7-18(17)25-14(3)22-19(23-25)20(26)24-15-8-9-16(24)12-21-11-10-15/h4-7,13,15-16,21H,8-12H2,1-3H3. The molecule has 2 aromatic rings. The van der Waals surface area contributed by atoms with Crippen molar-refractivity contribution in [2.75, 3.05) is 13.1 Å². The molecule has 0 aliphatic carbocycles. The number of hydrogen-bond donors (Lipinski definition) is 1. The molecule has 6 nitrogen and oxygen atoms in total. The molecule has 3 heterocycles. The van der Waals surface area contributed by atoms with Gasteiger partial charge in [0.2, 0.25) is 5.82 Å². The Morgan fingerprint density at radius 2 is 1.96 bits per heavy atom. The lowest BCUT2D eigenvalue weighted by Gasteiger charge is -2.26. The largest absolute Gasteiger partial charge is 0.329 e. The number of hydrogen-bond acceptors (Lipinski definition) is 4. The molecule has 2 aliphatic heterocycles. The molecule has 1 aromatic heterocycles. The van der Waals surface area contributed by atoms with Crippen molar-refractivity contribution in [3.05, 3.63) is 41.5 Å². The molecule has 1 aromatic carbocycles. The average Bonchev–Trinajstić information content (AvgIpc) is 3.13. The number of amides is 1. The summed E-state index contributed by atoms with van der Waals surface area (Å²) in [5.74, 6) is 1.42. The van der Waals surface area contributed by atoms with Gasteiger partial charge in [0.25, 0.3) is 5.91 Å². The normalized spacial score (nSPS) is 22.7. The summed E-state index contributed by atoms with van der Waals surface area (Å²) in [7, 11) is 0. The topological polar surface area (TPSA) is 63.1 Å². The van der Waals surface area contributed by atoms with Gasteiger partial charge in [0.05, 0.1) is 5.69 Å². The highest BCUT2D eigenvalue weighted by molar-refractivity contribution is 5.91. The van der Waals surface area contributed by atoms with Crippen LogP contribution in [0.1, 0.15) is 61.0 Å². The summed E-state index contributed by atoms with van der Waals surface area (Å²) < 4.78 is 1.82. The Balaban J connectivity index is 1.68. The van der Waals surface area contributed by atoms with Crippen molar-refractivity contribution in [3.8, 4) is 5.69 Å². The van der Waals surface area contributed by atoms with Gasteiger partial charge in [-0.3, -0.25) is 4.79 Å². The molecule has 1 amide bonds. The molecule has 0 spiro atoms. The highest BCUT2D eigenvalue weighted by Crippen LogP contribution is 2.29. The van der Waals surface area contributed by atoms with Gasteiger partial charge in [-0.25, -0.2) is 9.67 Å². The SMILES string of the molecule is Cc1nc(C(=O)N2C3CCNCC2CC3)nn1-c1ccccc1C(C)C. The second-order valence-electron chi connectivity index (χ2n) is 7.70. The van der Waals surface area contributed by atoms with E-state index in [1.54, 1.807) is 0 Å². The van der Waals surface area contributed by atoms with Crippen molar-refractivity contribution < 1.29 is 4.79 Å². The van der Waals surface area contributed by atoms with Crippen LogP contribution in [0, 0.1) is 6.92 Å². The minimum Gasteiger partial charge on any atom is -0.329 e. The first-order valence-corrected chi connectivity index (χ1v) is 9.62. The van der Waals surface area contributed by atoms with Crippen LogP contribution >= 0.6 is 0 Å². The number of carbonyl (C=O) groups is 1. The Kier molecular flexibility index (Phi) is 4.53. The third-order valence-corrected chi connectivity index (χ3v) is 5.64. The van der Waals surface area contributed by atoms with Gasteiger partial charge in [-0.1, -0.05) is 32.0 Å². The Morgan fingerprint density at radius 1 is 1.19 bits per heavy atom. The third-order valence-electron chi connectivity index (χ3n) is 5.64. The number of aromatic nitrogens is 3. The van der Waals surface area contributed by atoms with Gasteiger partial charge in [-0.15, -0.1) is 5.10 Å². The van der Waals surface area contributed by atoms with Crippen LogP contribution in [-0.2, 0) is 0 Å². The first-order valence-electron chi connectivity index (χ1n) is 9.62. The Hall–Kier alpha value is -2.21. The van der Waals surface area contributed by atoms with Crippen LogP contribution in [0.3, 0.4) is 0 Å². The van der Waals surface area contributed by atoms with E-state index in [0.29, 0.717) is 17.8 Å². The van der Waals surface area contributed by atoms with E-state index in [2.05, 4.69) is 35.3 Å². The fourth-order valence-corrected chi connectivity index (χ4v) is 4.31. The maximum atomic E-state index is 13.2. The molecule has 26 heavy (non-hydrogen) atoms. The number of benzene rings is 1. The lowest BCUT2D eigenvalue weighted by Crippen LogP contribution is -2.43. The van der Waals surface area contributed by atoms with Crippen LogP contribution in [-0.4, -0.2) is 50.7 Å². The monoisotopic (exact) mass is 353 g/mol. The Bertz CT molecular complexity index is 798. The first-order chi connectivity index (χ1) is 12.6. The fraction of sp³-hybridized carbons (Fsp3) is 0.550. The number of rotatable bonds is 3. The van der Waals surface area contributed by atoms with E-state index >= 15 is 0 Å². The quantitative estimate of drug-likeness (QED) is 0.921. The van der Waals surface area contributed by atoms with Gasteiger partial charge in [0.15, 0.2) is 0 Å². The molecule has 2 unspecified atom stereocenters. The number of nitrogens with zero attached hydrogens (tertiary/aromatic N) is 4. The molecule has 2 atom stereocenters. The van der Waals surface area contributed by atoms with Crippen molar-refractivity contribution >= 4 is 5.91 Å². The van der Waals surface area contributed by atoms with Crippen LogP contribution < -0.4 is 5.32 Å². The number of carbonyl (C=O) groups excluding carboxylic acids is 1. The minimum atomic E-state index is -0.0231. The fourth-order valence-electron chi connectivity index (χ4n) is 4.31. The molecular weight excluding hydrogens is 326 g/mol. The van der Waals surface area contributed by atoms with E-state index in [1.807, 2.05) is 34.7 Å². The highest BCUT2D eigenvalue weighted by Gasteiger charge is 2.39. The summed E-state index contributed by atoms with van der Waals surface area (Å²) >= 11 is 0. The summed E-state index contributed by atoms with van der Waals surface area (Å²) in [6.07, 6.45) is 3.17. The zero-order valence-corrected chi connectivity index (χ0v) is 15.8. The summed E-state index contributed by atoms with van der Waals surface area (Å²) in [6.45, 7) is 8.10. The summed E-state index contributed by atoms with van der Waals surface area (Å²) in [6, 6.07) is 8.79. The predicted octanol–water partition coefficient (Wildman–Crippen LogP) is 2.67. The number of aryl methyl sites for hydroxylation is 1. The molecule has 2 fully saturated rings. The molecule has 2 bridgehead atoms. The van der Waals surface area contributed by atoms with E-state index in [9.17, 15) is 4.79 Å². The van der Waals surface area contributed by atoms with Crippen molar-refractivity contribution in [1.29, 1.82) is 0 Å². The predicted molar refractivity (Wildman–Crippen MR) is 101 cm³/mol. The van der Waals surface area contributed by atoms with E-state index in [-0.39, 0.29) is 11.9 Å². The van der Waals surface area contributed by atoms with Gasteiger partial charge in [0, 0.05) is 18.6 Å². The summed E-state index contributed by atoms with van der Waals surface area (Å²) in [4.78, 5) is 19.8. The van der Waals surface area contributed by atoms with Crippen LogP contribution in [0.15, 0.2) is 24.3 Å². The van der Waals surface area contributed by atoms with Crippen LogP contribution in [0.4, 0.5) is 0 Å². The smallest absolute Gasteiger partial charge is 0.294 e. The molecule has 2 aliphatic rings. The van der Waals surface area contributed by atoms with Crippen LogP contribution in [0.2, 0.25) is 0 Å². The maximum absolute atomic E-state index is 13.2. The zero-order valence-electron chi connectivity index (χ0n) is 15.8. The van der Waals surface area contributed by atoms with Crippen molar-refractivity contribution in [2.45, 2.75) is 58.0 Å². The van der Waals surface area contributed by atoms with Gasteiger partial charge in [0.1, 0.15) is 5.82 Å². The van der Waals surface area contributed by atoms with E-state index in [4.69, 9.17) is 0 Å². The molecule has 0 saturated carbocycles. The molecule has 4 rings (SSSR count). The molecule has 2 saturated heterocycles. The minimum absolute atomic E-state index is 0.0231. The second-order valence-corrected chi connectivity index (χ2v) is 7.70. The first kappa shape index (κ1) is 17.2. The lowest BCUT2D eigenvalue weighted by molar-refractivity contribution is 0.0667. The third kappa shape index (κ3) is 2.92. The Labute approximate surface area is 154 Å². The van der Waals surface area contributed by atoms with Crippen molar-refractivity contribution in [1.82, 2.24) is 25.0 Å². The lowest BCUT2D eigenvalue weighted by atomic mass is 10.0. The van der Waals surface area contributed by atoms with Gasteiger partial charge >= 0.3 is 0 Å².